The molecule has 0 aliphatic heterocycles. The third kappa shape index (κ3) is 3.77. The van der Waals surface area contributed by atoms with Crippen LogP contribution in [0, 0.1) is 0 Å². The van der Waals surface area contributed by atoms with Crippen molar-refractivity contribution in [2.45, 2.75) is 0 Å². The fourth-order valence-electron chi connectivity index (χ4n) is 2.96. The Kier molecular flexibility index (Phi) is 5.12. The number of fused-ring (bicyclic) bond motifs is 1. The lowest BCUT2D eigenvalue weighted by molar-refractivity contribution is 0.146. The van der Waals surface area contributed by atoms with E-state index in [4.69, 9.17) is 15.2 Å². The van der Waals surface area contributed by atoms with Gasteiger partial charge in [-0.1, -0.05) is 18.2 Å². The molecule has 0 saturated carbocycles. The number of methoxy groups -OCH3 is 1. The quantitative estimate of drug-likeness (QED) is 0.516. The predicted molar refractivity (Wildman–Crippen MR) is 110 cm³/mol. The number of pyridine rings is 1. The molecule has 2 heterocycles. The summed E-state index contributed by atoms with van der Waals surface area (Å²) in [6.45, 7) is 1.06. The highest BCUT2D eigenvalue weighted by atomic mass is 16.5. The molecule has 0 spiro atoms. The summed E-state index contributed by atoms with van der Waals surface area (Å²) >= 11 is 0. The van der Waals surface area contributed by atoms with E-state index in [-0.39, 0.29) is 0 Å². The molecule has 2 aromatic carbocycles. The Hall–Kier alpha value is -3.51. The molecule has 0 atom stereocenters. The van der Waals surface area contributed by atoms with Gasteiger partial charge in [0, 0.05) is 30.5 Å². The molecule has 4 rings (SSSR count). The minimum absolute atomic E-state index is 0.443. The number of ether oxygens (including phenoxy) is 2. The first-order chi connectivity index (χ1) is 13.7. The van der Waals surface area contributed by atoms with Crippen LogP contribution >= 0.6 is 0 Å². The van der Waals surface area contributed by atoms with E-state index < -0.39 is 0 Å². The van der Waals surface area contributed by atoms with Crippen LogP contribution in [0.25, 0.3) is 33.4 Å². The lowest BCUT2D eigenvalue weighted by Gasteiger charge is -2.10. The van der Waals surface area contributed by atoms with Gasteiger partial charge in [-0.05, 0) is 47.5 Å². The SMILES string of the molecule is COCCOc1cccc(-c2ccc3nc(-c4cccnc4)nc(N)c3c2)c1. The molecule has 0 amide bonds. The molecule has 0 saturated heterocycles. The summed E-state index contributed by atoms with van der Waals surface area (Å²) in [4.78, 5) is 13.2. The third-order valence-corrected chi connectivity index (χ3v) is 4.37. The van der Waals surface area contributed by atoms with Crippen LogP contribution in [0.5, 0.6) is 5.75 Å². The maximum Gasteiger partial charge on any atom is 0.163 e. The van der Waals surface area contributed by atoms with Crippen molar-refractivity contribution >= 4 is 16.7 Å². The second-order valence-electron chi connectivity index (χ2n) is 6.28. The zero-order valence-electron chi connectivity index (χ0n) is 15.5. The molecular formula is C22H20N4O2. The Morgan fingerprint density at radius 1 is 0.893 bits per heavy atom. The van der Waals surface area contributed by atoms with E-state index in [0.29, 0.717) is 24.9 Å². The van der Waals surface area contributed by atoms with Crippen LogP contribution in [-0.4, -0.2) is 35.3 Å². The first kappa shape index (κ1) is 17.9. The molecule has 140 valence electrons. The maximum absolute atomic E-state index is 6.24. The molecule has 4 aromatic rings. The minimum Gasteiger partial charge on any atom is -0.491 e. The molecule has 0 unspecified atom stereocenters. The Labute approximate surface area is 163 Å². The number of nitrogen functional groups attached to an aromatic ring is 1. The molecule has 0 fully saturated rings. The summed E-state index contributed by atoms with van der Waals surface area (Å²) in [6, 6.07) is 17.7. The first-order valence-corrected chi connectivity index (χ1v) is 8.94. The third-order valence-electron chi connectivity index (χ3n) is 4.37. The van der Waals surface area contributed by atoms with Gasteiger partial charge in [0.1, 0.15) is 18.2 Å². The zero-order chi connectivity index (χ0) is 19.3. The Morgan fingerprint density at radius 3 is 2.57 bits per heavy atom. The monoisotopic (exact) mass is 372 g/mol. The van der Waals surface area contributed by atoms with E-state index in [2.05, 4.69) is 15.0 Å². The van der Waals surface area contributed by atoms with Crippen LogP contribution in [0.15, 0.2) is 67.0 Å². The van der Waals surface area contributed by atoms with Gasteiger partial charge in [-0.2, -0.15) is 0 Å². The van der Waals surface area contributed by atoms with Gasteiger partial charge in [-0.15, -0.1) is 0 Å². The van der Waals surface area contributed by atoms with Gasteiger partial charge in [0.2, 0.25) is 0 Å². The van der Waals surface area contributed by atoms with Gasteiger partial charge in [-0.3, -0.25) is 4.98 Å². The average Bonchev–Trinajstić information content (AvgIpc) is 2.74. The van der Waals surface area contributed by atoms with E-state index >= 15 is 0 Å². The normalized spacial score (nSPS) is 10.9. The first-order valence-electron chi connectivity index (χ1n) is 8.94. The number of rotatable bonds is 6. The van der Waals surface area contributed by atoms with E-state index in [0.717, 1.165) is 33.3 Å². The van der Waals surface area contributed by atoms with E-state index in [1.165, 1.54) is 0 Å². The molecule has 6 heteroatoms. The fraction of sp³-hybridized carbons (Fsp3) is 0.136. The van der Waals surface area contributed by atoms with E-state index in [1.807, 2.05) is 54.6 Å². The van der Waals surface area contributed by atoms with Crippen molar-refractivity contribution in [3.63, 3.8) is 0 Å². The molecule has 2 N–H and O–H groups in total. The number of nitrogens with two attached hydrogens (primary N) is 1. The number of nitrogens with zero attached hydrogens (tertiary/aromatic N) is 3. The zero-order valence-corrected chi connectivity index (χ0v) is 15.5. The number of hydrogen-bond donors (Lipinski definition) is 1. The van der Waals surface area contributed by atoms with Crippen molar-refractivity contribution in [1.29, 1.82) is 0 Å². The summed E-state index contributed by atoms with van der Waals surface area (Å²) in [5.41, 5.74) is 9.93. The maximum atomic E-state index is 6.24. The summed E-state index contributed by atoms with van der Waals surface area (Å²) < 4.78 is 10.7. The van der Waals surface area contributed by atoms with Crippen LogP contribution in [0.2, 0.25) is 0 Å². The number of aromatic nitrogens is 3. The Balaban J connectivity index is 1.69. The second kappa shape index (κ2) is 8.02. The summed E-state index contributed by atoms with van der Waals surface area (Å²) in [5, 5.41) is 0.816. The van der Waals surface area contributed by atoms with Crippen molar-refractivity contribution in [3.8, 4) is 28.3 Å². The van der Waals surface area contributed by atoms with Gasteiger partial charge >= 0.3 is 0 Å². The average molecular weight is 372 g/mol. The van der Waals surface area contributed by atoms with E-state index in [9.17, 15) is 0 Å². The predicted octanol–water partition coefficient (Wildman–Crippen LogP) is 3.97. The van der Waals surface area contributed by atoms with Crippen LogP contribution in [0.1, 0.15) is 0 Å². The molecule has 0 bridgehead atoms. The van der Waals surface area contributed by atoms with Crippen LogP contribution in [-0.2, 0) is 4.74 Å². The Morgan fingerprint density at radius 2 is 1.75 bits per heavy atom. The van der Waals surface area contributed by atoms with Crippen LogP contribution < -0.4 is 10.5 Å². The Bertz CT molecular complexity index is 1100. The lowest BCUT2D eigenvalue weighted by atomic mass is 10.0. The fourth-order valence-corrected chi connectivity index (χ4v) is 2.96. The summed E-state index contributed by atoms with van der Waals surface area (Å²) in [6.07, 6.45) is 3.44. The van der Waals surface area contributed by atoms with Gasteiger partial charge in [-0.25, -0.2) is 9.97 Å². The number of anilines is 1. The molecule has 0 aliphatic rings. The van der Waals surface area contributed by atoms with Crippen molar-refractivity contribution < 1.29 is 9.47 Å². The number of hydrogen-bond acceptors (Lipinski definition) is 6. The van der Waals surface area contributed by atoms with E-state index in [1.54, 1.807) is 19.5 Å². The van der Waals surface area contributed by atoms with Gasteiger partial charge in [0.15, 0.2) is 5.82 Å². The van der Waals surface area contributed by atoms with Crippen molar-refractivity contribution in [1.82, 2.24) is 15.0 Å². The summed E-state index contributed by atoms with van der Waals surface area (Å²) in [5.74, 6) is 1.81. The van der Waals surface area contributed by atoms with Crippen molar-refractivity contribution in [2.75, 3.05) is 26.1 Å². The van der Waals surface area contributed by atoms with Gasteiger partial charge in [0.25, 0.3) is 0 Å². The molecule has 28 heavy (non-hydrogen) atoms. The van der Waals surface area contributed by atoms with Crippen molar-refractivity contribution in [2.24, 2.45) is 0 Å². The summed E-state index contributed by atoms with van der Waals surface area (Å²) in [7, 11) is 1.65. The van der Waals surface area contributed by atoms with Crippen LogP contribution in [0.4, 0.5) is 5.82 Å². The van der Waals surface area contributed by atoms with Crippen molar-refractivity contribution in [3.05, 3.63) is 67.0 Å². The highest BCUT2D eigenvalue weighted by Gasteiger charge is 2.09. The minimum atomic E-state index is 0.443. The molecular weight excluding hydrogens is 352 g/mol. The highest BCUT2D eigenvalue weighted by Crippen LogP contribution is 2.29. The molecule has 6 nitrogen and oxygen atoms in total. The molecule has 0 aliphatic carbocycles. The topological polar surface area (TPSA) is 83.2 Å². The smallest absolute Gasteiger partial charge is 0.163 e. The van der Waals surface area contributed by atoms with Gasteiger partial charge in [0.05, 0.1) is 12.1 Å². The highest BCUT2D eigenvalue weighted by molar-refractivity contribution is 5.93. The standard InChI is InChI=1S/C22H20N4O2/c1-27-10-11-28-18-6-2-4-15(12-18)16-7-8-20-19(13-16)21(23)26-22(25-20)17-5-3-9-24-14-17/h2-9,12-14H,10-11H2,1H3,(H2,23,25,26). The largest absolute Gasteiger partial charge is 0.491 e. The van der Waals surface area contributed by atoms with Gasteiger partial charge < -0.3 is 15.2 Å². The second-order valence-corrected chi connectivity index (χ2v) is 6.28. The lowest BCUT2D eigenvalue weighted by Crippen LogP contribution is -2.04. The van der Waals surface area contributed by atoms with Crippen LogP contribution in [0.3, 0.4) is 0 Å². The molecule has 0 radical (unpaired) electrons. The number of benzene rings is 2. The molecule has 2 aromatic heterocycles.